The Hall–Kier alpha value is -1.90. The van der Waals surface area contributed by atoms with Crippen molar-refractivity contribution in [2.75, 3.05) is 0 Å². The predicted octanol–water partition coefficient (Wildman–Crippen LogP) is 5.90. The van der Waals surface area contributed by atoms with Crippen molar-refractivity contribution in [1.29, 1.82) is 0 Å². The smallest absolute Gasteiger partial charge is 0.347 e. The number of hydrogen-bond acceptors (Lipinski definition) is 2. The third-order valence-electron chi connectivity index (χ3n) is 5.11. The van der Waals surface area contributed by atoms with Crippen LogP contribution in [0.25, 0.3) is 5.65 Å². The lowest BCUT2D eigenvalue weighted by Crippen LogP contribution is -2.40. The van der Waals surface area contributed by atoms with E-state index in [1.165, 1.54) is 12.1 Å². The van der Waals surface area contributed by atoms with E-state index in [1.807, 2.05) is 0 Å². The number of nitrogens with one attached hydrogen (secondary N) is 1. The second-order valence-corrected chi connectivity index (χ2v) is 9.26. The number of fused-ring (bicyclic) bond motifs is 1. The fourth-order valence-corrected chi connectivity index (χ4v) is 4.02. The lowest BCUT2D eigenvalue weighted by atomic mass is 9.83. The minimum absolute atomic E-state index is 0.0701. The molecule has 0 saturated heterocycles. The van der Waals surface area contributed by atoms with E-state index in [1.54, 1.807) is 20.8 Å². The fraction of sp³-hybridized carbons (Fsp3) is 0.600. The van der Waals surface area contributed by atoms with Crippen molar-refractivity contribution in [2.45, 2.75) is 70.5 Å². The highest BCUT2D eigenvalue weighted by molar-refractivity contribution is 6.30. The van der Waals surface area contributed by atoms with Crippen LogP contribution in [0.2, 0.25) is 5.15 Å². The molecule has 1 fully saturated rings. The summed E-state index contributed by atoms with van der Waals surface area (Å²) in [5.41, 5.74) is -1.83. The first-order valence-corrected chi connectivity index (χ1v) is 10.0. The summed E-state index contributed by atoms with van der Waals surface area (Å²) in [6, 6.07) is 2.54. The maximum atomic E-state index is 13.7. The molecule has 1 amide bonds. The van der Waals surface area contributed by atoms with Gasteiger partial charge in [0.15, 0.2) is 5.69 Å². The fourth-order valence-electron chi connectivity index (χ4n) is 3.72. The number of hydrogen-bond donors (Lipinski definition) is 1. The second-order valence-electron chi connectivity index (χ2n) is 8.87. The molecule has 10 heteroatoms. The van der Waals surface area contributed by atoms with Crippen LogP contribution in [0, 0.1) is 5.92 Å². The highest BCUT2D eigenvalue weighted by atomic mass is 35.5. The zero-order chi connectivity index (χ0) is 22.5. The van der Waals surface area contributed by atoms with Crippen molar-refractivity contribution >= 4 is 23.2 Å². The number of amides is 1. The first-order chi connectivity index (χ1) is 13.7. The van der Waals surface area contributed by atoms with E-state index in [-0.39, 0.29) is 60.1 Å². The largest absolute Gasteiger partial charge is 0.435 e. The van der Waals surface area contributed by atoms with Crippen molar-refractivity contribution < 1.29 is 26.7 Å². The predicted molar refractivity (Wildman–Crippen MR) is 103 cm³/mol. The maximum absolute atomic E-state index is 13.7. The minimum atomic E-state index is -4.74. The van der Waals surface area contributed by atoms with E-state index >= 15 is 0 Å². The van der Waals surface area contributed by atoms with Gasteiger partial charge in [-0.3, -0.25) is 9.20 Å². The molecule has 1 aliphatic rings. The van der Waals surface area contributed by atoms with Crippen LogP contribution in [0.15, 0.2) is 12.1 Å². The second kappa shape index (κ2) is 7.66. The van der Waals surface area contributed by atoms with Gasteiger partial charge in [0.2, 0.25) is 5.92 Å². The number of pyridine rings is 1. The summed E-state index contributed by atoms with van der Waals surface area (Å²) in [5, 5.41) is 2.63. The molecule has 0 atom stereocenters. The van der Waals surface area contributed by atoms with Gasteiger partial charge in [-0.1, -0.05) is 11.6 Å². The normalized spacial score (nSPS) is 18.0. The first-order valence-electron chi connectivity index (χ1n) is 9.65. The average Bonchev–Trinajstić information content (AvgIpc) is 2.94. The van der Waals surface area contributed by atoms with Gasteiger partial charge in [0.1, 0.15) is 10.8 Å². The number of carbonyl (C=O) groups excluding carboxylic acids is 1. The van der Waals surface area contributed by atoms with Crippen molar-refractivity contribution in [3.8, 4) is 0 Å². The molecule has 0 aromatic carbocycles. The topological polar surface area (TPSA) is 46.4 Å². The zero-order valence-electron chi connectivity index (χ0n) is 16.8. The van der Waals surface area contributed by atoms with E-state index in [2.05, 4.69) is 10.3 Å². The molecule has 1 aliphatic carbocycles. The number of alkyl halides is 5. The van der Waals surface area contributed by atoms with Crippen molar-refractivity contribution in [2.24, 2.45) is 5.92 Å². The molecule has 0 radical (unpaired) electrons. The van der Waals surface area contributed by atoms with Gasteiger partial charge >= 0.3 is 6.18 Å². The Morgan fingerprint density at radius 3 is 2.37 bits per heavy atom. The zero-order valence-corrected chi connectivity index (χ0v) is 17.6. The SMILES string of the molecule is CC(C)(C)NC(=O)c1cc(Cl)n2c(CC3CCC(F)(F)CC3)c(C(F)(F)F)nc2c1. The molecule has 166 valence electrons. The van der Waals surface area contributed by atoms with E-state index in [4.69, 9.17) is 11.6 Å². The average molecular weight is 452 g/mol. The Kier molecular flexibility index (Phi) is 5.81. The summed E-state index contributed by atoms with van der Waals surface area (Å²) < 4.78 is 69.0. The van der Waals surface area contributed by atoms with Crippen LogP contribution in [0.3, 0.4) is 0 Å². The van der Waals surface area contributed by atoms with E-state index in [9.17, 15) is 26.7 Å². The lowest BCUT2D eigenvalue weighted by Gasteiger charge is -2.28. The van der Waals surface area contributed by atoms with Gasteiger partial charge in [-0.2, -0.15) is 13.2 Å². The van der Waals surface area contributed by atoms with Crippen molar-refractivity contribution in [1.82, 2.24) is 14.7 Å². The Bertz CT molecular complexity index is 952. The van der Waals surface area contributed by atoms with Gasteiger partial charge in [0.05, 0.1) is 5.69 Å². The van der Waals surface area contributed by atoms with Crippen molar-refractivity contribution in [3.63, 3.8) is 0 Å². The quantitative estimate of drug-likeness (QED) is 0.466. The maximum Gasteiger partial charge on any atom is 0.435 e. The van der Waals surface area contributed by atoms with Crippen LogP contribution in [-0.2, 0) is 12.6 Å². The number of imidazole rings is 1. The molecule has 1 saturated carbocycles. The number of nitrogens with zero attached hydrogens (tertiary/aromatic N) is 2. The van der Waals surface area contributed by atoms with Gasteiger partial charge in [0.25, 0.3) is 5.91 Å². The molecule has 0 unspecified atom stereocenters. The Labute approximate surface area is 175 Å². The summed E-state index contributed by atoms with van der Waals surface area (Å²) in [6.45, 7) is 5.32. The highest BCUT2D eigenvalue weighted by Crippen LogP contribution is 2.40. The molecule has 0 aliphatic heterocycles. The Morgan fingerprint density at radius 1 is 1.23 bits per heavy atom. The van der Waals surface area contributed by atoms with Crippen LogP contribution in [-0.4, -0.2) is 26.8 Å². The minimum Gasteiger partial charge on any atom is -0.347 e. The monoisotopic (exact) mass is 451 g/mol. The van der Waals surface area contributed by atoms with Crippen molar-refractivity contribution in [3.05, 3.63) is 34.2 Å². The summed E-state index contributed by atoms with van der Waals surface area (Å²) in [6.07, 6.45) is -5.25. The number of rotatable bonds is 3. The van der Waals surface area contributed by atoms with Crippen LogP contribution in [0.5, 0.6) is 0 Å². The molecular weight excluding hydrogens is 429 g/mol. The van der Waals surface area contributed by atoms with E-state index < -0.39 is 29.2 Å². The summed E-state index contributed by atoms with van der Waals surface area (Å²) in [7, 11) is 0. The lowest BCUT2D eigenvalue weighted by molar-refractivity contribution is -0.141. The van der Waals surface area contributed by atoms with E-state index in [0.717, 1.165) is 4.40 Å². The third kappa shape index (κ3) is 5.04. The molecule has 2 aromatic rings. The molecule has 0 spiro atoms. The van der Waals surface area contributed by atoms with Gasteiger partial charge in [-0.25, -0.2) is 13.8 Å². The Morgan fingerprint density at radius 2 is 1.83 bits per heavy atom. The first kappa shape index (κ1) is 22.8. The van der Waals surface area contributed by atoms with Gasteiger partial charge in [-0.05, 0) is 58.1 Å². The summed E-state index contributed by atoms with van der Waals surface area (Å²) in [4.78, 5) is 16.1. The molecule has 30 heavy (non-hydrogen) atoms. The standard InChI is InChI=1S/C20H23ClF5N3O/c1-18(2,3)28-17(30)12-9-14(21)29-13(8-11-4-6-19(22,23)7-5-11)16(20(24,25)26)27-15(29)10-12/h9-11H,4-8H2,1-3H3,(H,28,30). The molecule has 2 aromatic heterocycles. The third-order valence-corrected chi connectivity index (χ3v) is 5.39. The van der Waals surface area contributed by atoms with E-state index in [0.29, 0.717) is 0 Å². The molecular formula is C20H23ClF5N3O. The number of halogens is 6. The molecule has 2 heterocycles. The van der Waals surface area contributed by atoms with Crippen LogP contribution in [0.4, 0.5) is 22.0 Å². The summed E-state index contributed by atoms with van der Waals surface area (Å²) >= 11 is 6.26. The molecule has 1 N–H and O–H groups in total. The molecule has 3 rings (SSSR count). The summed E-state index contributed by atoms with van der Waals surface area (Å²) in [5.74, 6) is -3.58. The highest BCUT2D eigenvalue weighted by Gasteiger charge is 2.40. The molecule has 4 nitrogen and oxygen atoms in total. The van der Waals surface area contributed by atoms with Crippen LogP contribution in [0.1, 0.15) is 68.2 Å². The van der Waals surface area contributed by atoms with Gasteiger partial charge in [0, 0.05) is 23.9 Å². The number of aromatic nitrogens is 2. The van der Waals surface area contributed by atoms with Gasteiger partial charge < -0.3 is 5.32 Å². The van der Waals surface area contributed by atoms with Gasteiger partial charge in [-0.15, -0.1) is 0 Å². The Balaban J connectivity index is 2.02. The number of carbonyl (C=O) groups is 1. The van der Waals surface area contributed by atoms with Crippen LogP contribution < -0.4 is 5.32 Å². The van der Waals surface area contributed by atoms with Crippen LogP contribution >= 0.6 is 11.6 Å². The molecule has 0 bridgehead atoms.